The second-order valence-corrected chi connectivity index (χ2v) is 11.9. The van der Waals surface area contributed by atoms with Crippen molar-refractivity contribution in [2.24, 2.45) is 0 Å². The number of nitrogens with zero attached hydrogens (tertiary/aromatic N) is 3. The van der Waals surface area contributed by atoms with Crippen molar-refractivity contribution < 1.29 is 0 Å². The summed E-state index contributed by atoms with van der Waals surface area (Å²) in [5.41, 5.74) is 11.2. The zero-order chi connectivity index (χ0) is 30.6. The summed E-state index contributed by atoms with van der Waals surface area (Å²) in [6, 6.07) is 52.4. The highest BCUT2D eigenvalue weighted by Crippen LogP contribution is 2.40. The minimum atomic E-state index is 0.935. The molecule has 0 fully saturated rings. The van der Waals surface area contributed by atoms with Gasteiger partial charge in [0, 0.05) is 45.4 Å². The average Bonchev–Trinajstić information content (AvgIpc) is 3.46. The van der Waals surface area contributed by atoms with Crippen LogP contribution in [-0.2, 0) is 0 Å². The quantitative estimate of drug-likeness (QED) is 0.205. The van der Waals surface area contributed by atoms with E-state index in [0.29, 0.717) is 0 Å². The van der Waals surface area contributed by atoms with Gasteiger partial charge in [0.25, 0.3) is 0 Å². The van der Waals surface area contributed by atoms with Gasteiger partial charge in [-0.15, -0.1) is 0 Å². The van der Waals surface area contributed by atoms with Gasteiger partial charge in [-0.05, 0) is 82.2 Å². The summed E-state index contributed by atoms with van der Waals surface area (Å²) in [5.74, 6) is 0. The molecule has 0 spiro atoms. The summed E-state index contributed by atoms with van der Waals surface area (Å²) in [7, 11) is 0. The van der Waals surface area contributed by atoms with Gasteiger partial charge in [-0.25, -0.2) is 4.98 Å². The molecule has 46 heavy (non-hydrogen) atoms. The van der Waals surface area contributed by atoms with Crippen molar-refractivity contribution in [3.63, 3.8) is 0 Å². The molecule has 9 aromatic rings. The fourth-order valence-electron chi connectivity index (χ4n) is 6.96. The Morgan fingerprint density at radius 1 is 0.500 bits per heavy atom. The molecule has 0 amide bonds. The number of aromatic nitrogens is 3. The van der Waals surface area contributed by atoms with Crippen LogP contribution >= 0.6 is 0 Å². The molecule has 0 aliphatic rings. The first kappa shape index (κ1) is 26.4. The number of fused-ring (bicyclic) bond motifs is 6. The van der Waals surface area contributed by atoms with Crippen LogP contribution in [0.2, 0.25) is 0 Å². The number of pyridine rings is 2. The molecule has 0 saturated carbocycles. The van der Waals surface area contributed by atoms with Crippen molar-refractivity contribution in [1.29, 1.82) is 0 Å². The molecule has 3 heteroatoms. The Kier molecular flexibility index (Phi) is 6.04. The van der Waals surface area contributed by atoms with E-state index in [1.807, 2.05) is 18.5 Å². The fourth-order valence-corrected chi connectivity index (χ4v) is 6.96. The van der Waals surface area contributed by atoms with E-state index >= 15 is 0 Å². The summed E-state index contributed by atoms with van der Waals surface area (Å²) >= 11 is 0. The SMILES string of the molecule is Cc1ccncc1-c1cccc(-c2ccc3c(ccc4c5ccc(-c6cccc7ccccc67)cc5n(-c5ccccc5)c34)c2)n1. The molecule has 0 radical (unpaired) electrons. The molecular formula is C43H29N3. The third-order valence-corrected chi connectivity index (χ3v) is 9.22. The predicted molar refractivity (Wildman–Crippen MR) is 192 cm³/mol. The fraction of sp³-hybridized carbons (Fsp3) is 0.0233. The molecule has 0 aliphatic carbocycles. The number of para-hydroxylation sites is 1. The largest absolute Gasteiger partial charge is 0.309 e. The smallest absolute Gasteiger partial charge is 0.0727 e. The number of rotatable bonds is 4. The van der Waals surface area contributed by atoms with Crippen LogP contribution in [0.15, 0.2) is 158 Å². The van der Waals surface area contributed by atoms with Gasteiger partial charge < -0.3 is 4.57 Å². The highest BCUT2D eigenvalue weighted by Gasteiger charge is 2.17. The van der Waals surface area contributed by atoms with Crippen molar-refractivity contribution in [3.05, 3.63) is 164 Å². The van der Waals surface area contributed by atoms with Gasteiger partial charge in [-0.3, -0.25) is 4.98 Å². The lowest BCUT2D eigenvalue weighted by atomic mass is 9.97. The zero-order valence-electron chi connectivity index (χ0n) is 25.4. The van der Waals surface area contributed by atoms with E-state index in [-0.39, 0.29) is 0 Å². The maximum absolute atomic E-state index is 5.06. The van der Waals surface area contributed by atoms with E-state index in [1.54, 1.807) is 0 Å². The van der Waals surface area contributed by atoms with E-state index in [4.69, 9.17) is 4.98 Å². The highest BCUT2D eigenvalue weighted by atomic mass is 15.0. The van der Waals surface area contributed by atoms with E-state index in [0.717, 1.165) is 33.8 Å². The van der Waals surface area contributed by atoms with Gasteiger partial charge in [-0.2, -0.15) is 0 Å². The molecule has 6 aromatic carbocycles. The molecule has 9 rings (SSSR count). The summed E-state index contributed by atoms with van der Waals surface area (Å²) in [6.07, 6.45) is 3.72. The first-order chi connectivity index (χ1) is 22.7. The molecule has 3 aromatic heterocycles. The van der Waals surface area contributed by atoms with Gasteiger partial charge in [0.1, 0.15) is 0 Å². The van der Waals surface area contributed by atoms with Crippen LogP contribution in [0.4, 0.5) is 0 Å². The zero-order valence-corrected chi connectivity index (χ0v) is 25.4. The van der Waals surface area contributed by atoms with Crippen LogP contribution in [0.1, 0.15) is 5.56 Å². The first-order valence-corrected chi connectivity index (χ1v) is 15.7. The standard InChI is InChI=1S/C43H29N3/c1-28-23-24-44-27-39(28)41-16-8-15-40(45-41)32-19-20-36-30(25-32)18-22-38-37-21-17-31(35-14-7-10-29-9-5-6-13-34(29)35)26-42(37)46(43(36)38)33-11-3-2-4-12-33/h2-27H,1H3. The van der Waals surface area contributed by atoms with Crippen LogP contribution in [0.5, 0.6) is 0 Å². The van der Waals surface area contributed by atoms with Gasteiger partial charge >= 0.3 is 0 Å². The van der Waals surface area contributed by atoms with Crippen molar-refractivity contribution in [2.75, 3.05) is 0 Å². The molecule has 0 N–H and O–H groups in total. The highest BCUT2D eigenvalue weighted by molar-refractivity contribution is 6.19. The van der Waals surface area contributed by atoms with Crippen LogP contribution in [-0.4, -0.2) is 14.5 Å². The molecule has 0 saturated heterocycles. The summed E-state index contributed by atoms with van der Waals surface area (Å²) in [5, 5.41) is 7.41. The summed E-state index contributed by atoms with van der Waals surface area (Å²) in [6.45, 7) is 2.10. The van der Waals surface area contributed by atoms with Crippen molar-refractivity contribution >= 4 is 43.4 Å². The van der Waals surface area contributed by atoms with Gasteiger partial charge in [0.2, 0.25) is 0 Å². The molecule has 3 heterocycles. The minimum Gasteiger partial charge on any atom is -0.309 e. The van der Waals surface area contributed by atoms with Crippen LogP contribution in [0, 0.1) is 6.92 Å². The first-order valence-electron chi connectivity index (χ1n) is 15.7. The molecule has 0 aliphatic heterocycles. The molecule has 0 atom stereocenters. The summed E-state index contributed by atoms with van der Waals surface area (Å²) < 4.78 is 2.44. The third kappa shape index (κ3) is 4.21. The lowest BCUT2D eigenvalue weighted by Gasteiger charge is -2.12. The number of hydrogen-bond acceptors (Lipinski definition) is 2. The summed E-state index contributed by atoms with van der Waals surface area (Å²) in [4.78, 5) is 9.40. The molecule has 0 unspecified atom stereocenters. The van der Waals surface area contributed by atoms with Crippen molar-refractivity contribution in [3.8, 4) is 39.3 Å². The Bertz CT molecular complexity index is 2590. The number of benzene rings is 6. The second kappa shape index (κ2) is 10.5. The Morgan fingerprint density at radius 3 is 2.17 bits per heavy atom. The predicted octanol–water partition coefficient (Wildman–Crippen LogP) is 11.2. The van der Waals surface area contributed by atoms with Gasteiger partial charge in [0.05, 0.1) is 22.4 Å². The maximum Gasteiger partial charge on any atom is 0.0727 e. The van der Waals surface area contributed by atoms with Crippen molar-refractivity contribution in [1.82, 2.24) is 14.5 Å². The maximum atomic E-state index is 5.06. The molecular weight excluding hydrogens is 558 g/mol. The van der Waals surface area contributed by atoms with E-state index in [2.05, 4.69) is 156 Å². The monoisotopic (exact) mass is 587 g/mol. The lowest BCUT2D eigenvalue weighted by molar-refractivity contribution is 1.19. The van der Waals surface area contributed by atoms with Crippen LogP contribution in [0.3, 0.4) is 0 Å². The average molecular weight is 588 g/mol. The minimum absolute atomic E-state index is 0.935. The third-order valence-electron chi connectivity index (χ3n) is 9.22. The second-order valence-electron chi connectivity index (χ2n) is 11.9. The number of aryl methyl sites for hydroxylation is 1. The van der Waals surface area contributed by atoms with E-state index in [1.165, 1.54) is 54.5 Å². The lowest BCUT2D eigenvalue weighted by Crippen LogP contribution is -1.95. The Labute approximate surface area is 267 Å². The van der Waals surface area contributed by atoms with Crippen LogP contribution < -0.4 is 0 Å². The van der Waals surface area contributed by atoms with Gasteiger partial charge in [0.15, 0.2) is 0 Å². The topological polar surface area (TPSA) is 30.7 Å². The van der Waals surface area contributed by atoms with Gasteiger partial charge in [-0.1, -0.05) is 103 Å². The molecule has 216 valence electrons. The van der Waals surface area contributed by atoms with E-state index in [9.17, 15) is 0 Å². The Morgan fingerprint density at radius 2 is 1.26 bits per heavy atom. The molecule has 3 nitrogen and oxygen atoms in total. The van der Waals surface area contributed by atoms with Crippen molar-refractivity contribution in [2.45, 2.75) is 6.92 Å². The van der Waals surface area contributed by atoms with E-state index < -0.39 is 0 Å². The Balaban J connectivity index is 1.26. The van der Waals surface area contributed by atoms with Crippen LogP contribution in [0.25, 0.3) is 82.7 Å². The number of hydrogen-bond donors (Lipinski definition) is 0. The molecule has 0 bridgehead atoms. The Hall–Kier alpha value is -6.06. The normalized spacial score (nSPS) is 11.6.